The molecule has 0 spiro atoms. The third-order valence-electron chi connectivity index (χ3n) is 3.29. The van der Waals surface area contributed by atoms with Gasteiger partial charge in [0.1, 0.15) is 6.04 Å². The summed E-state index contributed by atoms with van der Waals surface area (Å²) in [6.45, 7) is 4.49. The van der Waals surface area contributed by atoms with Gasteiger partial charge in [0, 0.05) is 23.3 Å². The van der Waals surface area contributed by atoms with Crippen LogP contribution in [0.5, 0.6) is 0 Å². The second kappa shape index (κ2) is 7.42. The Morgan fingerprint density at radius 1 is 1.36 bits per heavy atom. The monoisotopic (exact) mass is 321 g/mol. The van der Waals surface area contributed by atoms with E-state index in [0.29, 0.717) is 23.9 Å². The van der Waals surface area contributed by atoms with E-state index in [-0.39, 0.29) is 0 Å². The predicted octanol–water partition coefficient (Wildman–Crippen LogP) is 3.11. The van der Waals surface area contributed by atoms with Crippen molar-refractivity contribution in [2.75, 3.05) is 0 Å². The number of nitrogens with one attached hydrogen (secondary N) is 1. The van der Waals surface area contributed by atoms with E-state index in [9.17, 15) is 9.90 Å². The minimum Gasteiger partial charge on any atom is -0.480 e. The van der Waals surface area contributed by atoms with Crippen LogP contribution in [0.4, 0.5) is 0 Å². The number of benzene rings is 1. The van der Waals surface area contributed by atoms with Crippen LogP contribution in [-0.4, -0.2) is 26.9 Å². The van der Waals surface area contributed by atoms with E-state index in [1.807, 2.05) is 32.2 Å². The highest BCUT2D eigenvalue weighted by Gasteiger charge is 2.18. The molecule has 0 aliphatic rings. The van der Waals surface area contributed by atoms with Crippen LogP contribution in [0, 0.1) is 5.92 Å². The molecular formula is C16H20ClN3O2. The molecule has 0 saturated heterocycles. The number of halogens is 1. The number of hydrogen-bond acceptors (Lipinski definition) is 3. The van der Waals surface area contributed by atoms with Gasteiger partial charge in [0.05, 0.1) is 11.9 Å². The summed E-state index contributed by atoms with van der Waals surface area (Å²) in [4.78, 5) is 11.2. The minimum absolute atomic E-state index is 0.324. The quantitative estimate of drug-likeness (QED) is 0.822. The first-order valence-electron chi connectivity index (χ1n) is 7.21. The lowest BCUT2D eigenvalue weighted by Gasteiger charge is -2.15. The van der Waals surface area contributed by atoms with Gasteiger partial charge < -0.3 is 10.4 Å². The number of aromatic nitrogens is 2. The summed E-state index contributed by atoms with van der Waals surface area (Å²) in [5.74, 6) is -0.496. The average molecular weight is 322 g/mol. The van der Waals surface area contributed by atoms with Gasteiger partial charge in [0.15, 0.2) is 0 Å². The highest BCUT2D eigenvalue weighted by molar-refractivity contribution is 6.30. The molecule has 1 atom stereocenters. The smallest absolute Gasteiger partial charge is 0.320 e. The van der Waals surface area contributed by atoms with E-state index in [2.05, 4.69) is 10.4 Å². The lowest BCUT2D eigenvalue weighted by atomic mass is 10.0. The largest absolute Gasteiger partial charge is 0.480 e. The van der Waals surface area contributed by atoms with Crippen LogP contribution in [0.15, 0.2) is 36.7 Å². The molecule has 1 aromatic heterocycles. The molecule has 22 heavy (non-hydrogen) atoms. The number of rotatable bonds is 7. The molecule has 0 bridgehead atoms. The Hall–Kier alpha value is -1.85. The Balaban J connectivity index is 1.99. The number of hydrogen-bond donors (Lipinski definition) is 2. The van der Waals surface area contributed by atoms with Crippen LogP contribution in [-0.2, 0) is 11.3 Å². The van der Waals surface area contributed by atoms with Gasteiger partial charge in [0.25, 0.3) is 0 Å². The van der Waals surface area contributed by atoms with Gasteiger partial charge in [0.2, 0.25) is 0 Å². The third kappa shape index (κ3) is 4.58. The summed E-state index contributed by atoms with van der Waals surface area (Å²) in [7, 11) is 0. The second-order valence-electron chi connectivity index (χ2n) is 5.67. The van der Waals surface area contributed by atoms with Crippen molar-refractivity contribution in [3.05, 3.63) is 47.2 Å². The third-order valence-corrected chi connectivity index (χ3v) is 3.54. The van der Waals surface area contributed by atoms with Crippen LogP contribution in [0.2, 0.25) is 5.02 Å². The summed E-state index contributed by atoms with van der Waals surface area (Å²) in [6.07, 6.45) is 4.21. The van der Waals surface area contributed by atoms with Gasteiger partial charge in [-0.15, -0.1) is 0 Å². The molecule has 0 radical (unpaired) electrons. The SMILES string of the molecule is CC(C)CC(NCc1cnn(-c2ccc(Cl)cc2)c1)C(=O)O. The Bertz CT molecular complexity index is 623. The molecule has 5 nitrogen and oxygen atoms in total. The fourth-order valence-electron chi connectivity index (χ4n) is 2.17. The number of carboxylic acids is 1. The van der Waals surface area contributed by atoms with E-state index in [1.54, 1.807) is 23.0 Å². The Kier molecular flexibility index (Phi) is 5.57. The molecule has 0 amide bonds. The summed E-state index contributed by atoms with van der Waals surface area (Å²) in [5.41, 5.74) is 1.84. The fourth-order valence-corrected chi connectivity index (χ4v) is 2.30. The van der Waals surface area contributed by atoms with Gasteiger partial charge in [-0.2, -0.15) is 5.10 Å². The summed E-state index contributed by atoms with van der Waals surface area (Å²) in [6, 6.07) is 6.83. The molecule has 1 unspecified atom stereocenters. The van der Waals surface area contributed by atoms with E-state index < -0.39 is 12.0 Å². The Morgan fingerprint density at radius 3 is 2.64 bits per heavy atom. The molecule has 118 valence electrons. The lowest BCUT2D eigenvalue weighted by molar-refractivity contribution is -0.140. The number of aliphatic carboxylic acids is 1. The van der Waals surface area contributed by atoms with Crippen molar-refractivity contribution >= 4 is 17.6 Å². The van der Waals surface area contributed by atoms with Gasteiger partial charge in [-0.3, -0.25) is 4.79 Å². The van der Waals surface area contributed by atoms with Crippen LogP contribution in [0.1, 0.15) is 25.8 Å². The van der Waals surface area contributed by atoms with E-state index in [0.717, 1.165) is 11.3 Å². The molecule has 2 rings (SSSR count). The highest BCUT2D eigenvalue weighted by Crippen LogP contribution is 2.13. The molecule has 1 heterocycles. The van der Waals surface area contributed by atoms with Crippen LogP contribution in [0.25, 0.3) is 5.69 Å². The molecule has 0 fully saturated rings. The second-order valence-corrected chi connectivity index (χ2v) is 6.11. The van der Waals surface area contributed by atoms with Crippen molar-refractivity contribution in [3.8, 4) is 5.69 Å². The van der Waals surface area contributed by atoms with Crippen molar-refractivity contribution in [2.24, 2.45) is 5.92 Å². The Labute approximate surface area is 134 Å². The van der Waals surface area contributed by atoms with E-state index >= 15 is 0 Å². The highest BCUT2D eigenvalue weighted by atomic mass is 35.5. The van der Waals surface area contributed by atoms with Gasteiger partial charge >= 0.3 is 5.97 Å². The zero-order valence-corrected chi connectivity index (χ0v) is 13.4. The summed E-state index contributed by atoms with van der Waals surface area (Å²) >= 11 is 5.86. The molecular weight excluding hydrogens is 302 g/mol. The van der Waals surface area contributed by atoms with Gasteiger partial charge in [-0.25, -0.2) is 4.68 Å². The van der Waals surface area contributed by atoms with Crippen molar-refractivity contribution in [1.29, 1.82) is 0 Å². The summed E-state index contributed by atoms with van der Waals surface area (Å²) < 4.78 is 1.74. The van der Waals surface area contributed by atoms with E-state index in [4.69, 9.17) is 11.6 Å². The predicted molar refractivity (Wildman–Crippen MR) is 86.3 cm³/mol. The molecule has 0 saturated carbocycles. The lowest BCUT2D eigenvalue weighted by Crippen LogP contribution is -2.37. The molecule has 1 aromatic carbocycles. The van der Waals surface area contributed by atoms with Crippen LogP contribution < -0.4 is 5.32 Å². The normalized spacial score (nSPS) is 12.5. The molecule has 0 aliphatic carbocycles. The van der Waals surface area contributed by atoms with Crippen LogP contribution >= 0.6 is 11.6 Å². The summed E-state index contributed by atoms with van der Waals surface area (Å²) in [5, 5.41) is 17.2. The molecule has 6 heteroatoms. The van der Waals surface area contributed by atoms with Crippen molar-refractivity contribution in [1.82, 2.24) is 15.1 Å². The number of nitrogens with zero attached hydrogens (tertiary/aromatic N) is 2. The standard InChI is InChI=1S/C16H20ClN3O2/c1-11(2)7-15(16(21)22)18-8-12-9-19-20(10-12)14-5-3-13(17)4-6-14/h3-6,9-11,15,18H,7-8H2,1-2H3,(H,21,22). The number of carboxylic acid groups (broad SMARTS) is 1. The maximum absolute atomic E-state index is 11.2. The average Bonchev–Trinajstić information content (AvgIpc) is 2.92. The van der Waals surface area contributed by atoms with Gasteiger partial charge in [-0.1, -0.05) is 25.4 Å². The van der Waals surface area contributed by atoms with Crippen molar-refractivity contribution in [3.63, 3.8) is 0 Å². The van der Waals surface area contributed by atoms with E-state index in [1.165, 1.54) is 0 Å². The zero-order chi connectivity index (χ0) is 16.1. The first-order valence-corrected chi connectivity index (χ1v) is 7.59. The zero-order valence-electron chi connectivity index (χ0n) is 12.7. The first kappa shape index (κ1) is 16.5. The van der Waals surface area contributed by atoms with Crippen molar-refractivity contribution < 1.29 is 9.90 Å². The molecule has 2 N–H and O–H groups in total. The fraction of sp³-hybridized carbons (Fsp3) is 0.375. The Morgan fingerprint density at radius 2 is 2.05 bits per heavy atom. The first-order chi connectivity index (χ1) is 10.5. The van der Waals surface area contributed by atoms with Gasteiger partial charge in [-0.05, 0) is 36.6 Å². The van der Waals surface area contributed by atoms with Crippen LogP contribution in [0.3, 0.4) is 0 Å². The molecule has 2 aromatic rings. The minimum atomic E-state index is -0.821. The topological polar surface area (TPSA) is 67.2 Å². The van der Waals surface area contributed by atoms with Crippen molar-refractivity contribution in [2.45, 2.75) is 32.9 Å². The maximum Gasteiger partial charge on any atom is 0.320 e. The number of carbonyl (C=O) groups is 1. The maximum atomic E-state index is 11.2. The molecule has 0 aliphatic heterocycles.